The van der Waals surface area contributed by atoms with Crippen LogP contribution in [0.1, 0.15) is 49.4 Å². The molecule has 0 radical (unpaired) electrons. The summed E-state index contributed by atoms with van der Waals surface area (Å²) in [6, 6.07) is 6.82. The molecular weight excluding hydrogens is 254 g/mol. The molecule has 4 nitrogen and oxygen atoms in total. The van der Waals surface area contributed by atoms with Crippen LogP contribution < -0.4 is 4.90 Å². The van der Waals surface area contributed by atoms with Gasteiger partial charge < -0.3 is 10.0 Å². The second-order valence-electron chi connectivity index (χ2n) is 5.23. The summed E-state index contributed by atoms with van der Waals surface area (Å²) in [4.78, 5) is 25.6. The molecule has 0 amide bonds. The third-order valence-electron chi connectivity index (χ3n) is 3.81. The van der Waals surface area contributed by atoms with Gasteiger partial charge in [-0.25, -0.2) is 4.79 Å². The maximum absolute atomic E-state index is 12.1. The van der Waals surface area contributed by atoms with E-state index < -0.39 is 12.0 Å². The van der Waals surface area contributed by atoms with Gasteiger partial charge in [0.25, 0.3) is 0 Å². The van der Waals surface area contributed by atoms with Crippen molar-refractivity contribution in [3.8, 4) is 0 Å². The van der Waals surface area contributed by atoms with Crippen LogP contribution in [0.25, 0.3) is 0 Å². The summed E-state index contributed by atoms with van der Waals surface area (Å²) in [6.45, 7) is 2.68. The lowest BCUT2D eigenvalue weighted by Crippen LogP contribution is -2.42. The standard InChI is InChI=1S/C16H21NO3/c1-2-3-8-14(16(19)20)17-11-6-10-15(18)12-7-4-5-9-13(12)17/h4-5,7,9,14H,2-3,6,8,10-11H2,1H3,(H,19,20). The van der Waals surface area contributed by atoms with Gasteiger partial charge in [0.15, 0.2) is 5.78 Å². The van der Waals surface area contributed by atoms with Crippen molar-refractivity contribution in [3.63, 3.8) is 0 Å². The topological polar surface area (TPSA) is 57.6 Å². The van der Waals surface area contributed by atoms with Gasteiger partial charge in [0, 0.05) is 24.2 Å². The molecule has 1 N–H and O–H groups in total. The number of unbranched alkanes of at least 4 members (excludes halogenated alkanes) is 1. The van der Waals surface area contributed by atoms with Crippen LogP contribution in [0, 0.1) is 0 Å². The van der Waals surface area contributed by atoms with Gasteiger partial charge >= 0.3 is 5.97 Å². The number of hydrogen-bond acceptors (Lipinski definition) is 3. The molecule has 0 bridgehead atoms. The van der Waals surface area contributed by atoms with E-state index in [1.54, 1.807) is 6.07 Å². The van der Waals surface area contributed by atoms with Crippen molar-refractivity contribution in [2.24, 2.45) is 0 Å². The number of hydrogen-bond donors (Lipinski definition) is 1. The molecule has 108 valence electrons. The molecule has 1 atom stereocenters. The third-order valence-corrected chi connectivity index (χ3v) is 3.81. The van der Waals surface area contributed by atoms with Crippen LogP contribution in [0.5, 0.6) is 0 Å². The lowest BCUT2D eigenvalue weighted by Gasteiger charge is -2.30. The highest BCUT2D eigenvalue weighted by atomic mass is 16.4. The van der Waals surface area contributed by atoms with Crippen molar-refractivity contribution in [2.45, 2.75) is 45.1 Å². The van der Waals surface area contributed by atoms with E-state index >= 15 is 0 Å². The lowest BCUT2D eigenvalue weighted by atomic mass is 10.0. The Balaban J connectivity index is 2.36. The fourth-order valence-corrected chi connectivity index (χ4v) is 2.76. The van der Waals surface area contributed by atoms with E-state index in [1.165, 1.54) is 0 Å². The Labute approximate surface area is 119 Å². The molecule has 0 fully saturated rings. The van der Waals surface area contributed by atoms with Crippen LogP contribution in [0.3, 0.4) is 0 Å². The van der Waals surface area contributed by atoms with E-state index in [1.807, 2.05) is 23.1 Å². The summed E-state index contributed by atoms with van der Waals surface area (Å²) in [7, 11) is 0. The SMILES string of the molecule is CCCCC(C(=O)O)N1CCCC(=O)c2ccccc21. The molecule has 1 heterocycles. The summed E-state index contributed by atoms with van der Waals surface area (Å²) in [6.07, 6.45) is 3.67. The van der Waals surface area contributed by atoms with Crippen molar-refractivity contribution in [3.05, 3.63) is 29.8 Å². The number of aliphatic carboxylic acids is 1. The highest BCUT2D eigenvalue weighted by Crippen LogP contribution is 2.29. The van der Waals surface area contributed by atoms with E-state index in [4.69, 9.17) is 0 Å². The Hall–Kier alpha value is -1.84. The Morgan fingerprint density at radius 1 is 1.40 bits per heavy atom. The number of carboxylic acid groups (broad SMARTS) is 1. The predicted molar refractivity (Wildman–Crippen MR) is 78.3 cm³/mol. The minimum atomic E-state index is -0.803. The maximum Gasteiger partial charge on any atom is 0.326 e. The van der Waals surface area contributed by atoms with Crippen molar-refractivity contribution >= 4 is 17.4 Å². The third kappa shape index (κ3) is 3.00. The molecule has 1 aromatic rings. The predicted octanol–water partition coefficient (Wildman–Crippen LogP) is 3.11. The number of carboxylic acids is 1. The molecule has 0 aromatic heterocycles. The van der Waals surface area contributed by atoms with E-state index in [0.29, 0.717) is 31.4 Å². The molecule has 1 aliphatic rings. The Morgan fingerprint density at radius 3 is 2.85 bits per heavy atom. The molecule has 20 heavy (non-hydrogen) atoms. The molecule has 0 aliphatic carbocycles. The van der Waals surface area contributed by atoms with E-state index in [-0.39, 0.29) is 5.78 Å². The van der Waals surface area contributed by atoms with Gasteiger partial charge in [-0.1, -0.05) is 31.9 Å². The molecule has 1 unspecified atom stereocenters. The van der Waals surface area contributed by atoms with Gasteiger partial charge in [0.2, 0.25) is 0 Å². The molecule has 0 saturated carbocycles. The van der Waals surface area contributed by atoms with E-state index in [2.05, 4.69) is 6.92 Å². The summed E-state index contributed by atoms with van der Waals surface area (Å²) in [5.41, 5.74) is 1.44. The van der Waals surface area contributed by atoms with Gasteiger partial charge in [-0.05, 0) is 25.0 Å². The molecule has 1 aliphatic heterocycles. The molecule has 2 rings (SSSR count). The zero-order valence-corrected chi connectivity index (χ0v) is 11.8. The van der Waals surface area contributed by atoms with Crippen molar-refractivity contribution < 1.29 is 14.7 Å². The zero-order valence-electron chi connectivity index (χ0n) is 11.8. The first kappa shape index (κ1) is 14.6. The van der Waals surface area contributed by atoms with Gasteiger partial charge in [-0.3, -0.25) is 4.79 Å². The minimum absolute atomic E-state index is 0.114. The number of fused-ring (bicyclic) bond motifs is 1. The number of Topliss-reactive ketones (excluding diaryl/α,β-unsaturated/α-hetero) is 1. The van der Waals surface area contributed by atoms with E-state index in [9.17, 15) is 14.7 Å². The number of nitrogens with zero attached hydrogens (tertiary/aromatic N) is 1. The number of benzene rings is 1. The van der Waals surface area contributed by atoms with Crippen molar-refractivity contribution in [1.82, 2.24) is 0 Å². The summed E-state index contributed by atoms with van der Waals surface area (Å²) < 4.78 is 0. The summed E-state index contributed by atoms with van der Waals surface area (Å²) in [5, 5.41) is 9.51. The van der Waals surface area contributed by atoms with E-state index in [0.717, 1.165) is 18.5 Å². The van der Waals surface area contributed by atoms with Crippen molar-refractivity contribution in [1.29, 1.82) is 0 Å². The number of para-hydroxylation sites is 1. The first-order valence-electron chi connectivity index (χ1n) is 7.26. The van der Waals surface area contributed by atoms with Crippen LogP contribution in [-0.2, 0) is 4.79 Å². The second-order valence-corrected chi connectivity index (χ2v) is 5.23. The first-order chi connectivity index (χ1) is 9.65. The Kier molecular flexibility index (Phi) is 4.77. The van der Waals surface area contributed by atoms with Crippen molar-refractivity contribution in [2.75, 3.05) is 11.4 Å². The number of anilines is 1. The molecule has 4 heteroatoms. The zero-order chi connectivity index (χ0) is 14.5. The monoisotopic (exact) mass is 275 g/mol. The quantitative estimate of drug-likeness (QED) is 0.897. The number of ketones is 1. The summed E-state index contributed by atoms with van der Waals surface area (Å²) >= 11 is 0. The molecule has 1 aromatic carbocycles. The fraction of sp³-hybridized carbons (Fsp3) is 0.500. The van der Waals surface area contributed by atoms with Crippen LogP contribution in [0.2, 0.25) is 0 Å². The largest absolute Gasteiger partial charge is 0.480 e. The second kappa shape index (κ2) is 6.55. The average molecular weight is 275 g/mol. The Bertz CT molecular complexity index is 498. The van der Waals surface area contributed by atoms with Crippen LogP contribution in [-0.4, -0.2) is 29.4 Å². The van der Waals surface area contributed by atoms with Gasteiger partial charge in [-0.15, -0.1) is 0 Å². The number of carbonyl (C=O) groups is 2. The number of carbonyl (C=O) groups excluding carboxylic acids is 1. The highest BCUT2D eigenvalue weighted by molar-refractivity contribution is 6.02. The first-order valence-corrected chi connectivity index (χ1v) is 7.26. The van der Waals surface area contributed by atoms with Gasteiger partial charge in [-0.2, -0.15) is 0 Å². The average Bonchev–Trinajstić information content (AvgIpc) is 2.60. The molecular formula is C16H21NO3. The normalized spacial score (nSPS) is 16.4. The number of rotatable bonds is 5. The van der Waals surface area contributed by atoms with Crippen LogP contribution >= 0.6 is 0 Å². The molecule has 0 spiro atoms. The summed E-state index contributed by atoms with van der Waals surface area (Å²) in [5.74, 6) is -0.690. The van der Waals surface area contributed by atoms with Gasteiger partial charge in [0.05, 0.1) is 0 Å². The molecule has 0 saturated heterocycles. The maximum atomic E-state index is 12.1. The van der Waals surface area contributed by atoms with Crippen LogP contribution in [0.4, 0.5) is 5.69 Å². The smallest absolute Gasteiger partial charge is 0.326 e. The minimum Gasteiger partial charge on any atom is -0.480 e. The Morgan fingerprint density at radius 2 is 2.15 bits per heavy atom. The lowest BCUT2D eigenvalue weighted by molar-refractivity contribution is -0.138. The fourth-order valence-electron chi connectivity index (χ4n) is 2.76. The highest BCUT2D eigenvalue weighted by Gasteiger charge is 2.29. The van der Waals surface area contributed by atoms with Crippen LogP contribution in [0.15, 0.2) is 24.3 Å². The van der Waals surface area contributed by atoms with Gasteiger partial charge in [0.1, 0.15) is 6.04 Å².